The van der Waals surface area contributed by atoms with Crippen LogP contribution in [0.4, 0.5) is 5.69 Å². The normalized spacial score (nSPS) is 15.1. The number of halogens is 1. The minimum Gasteiger partial charge on any atom is -0.326 e. The highest BCUT2D eigenvalue weighted by Crippen LogP contribution is 2.32. The zero-order valence-corrected chi connectivity index (χ0v) is 21.1. The average Bonchev–Trinajstić information content (AvgIpc) is 3.23. The van der Waals surface area contributed by atoms with Gasteiger partial charge in [0, 0.05) is 40.4 Å². The Kier molecular flexibility index (Phi) is 6.94. The Balaban J connectivity index is 1.29. The van der Waals surface area contributed by atoms with Crippen molar-refractivity contribution in [3.05, 3.63) is 95.1 Å². The lowest BCUT2D eigenvalue weighted by atomic mass is 9.89. The predicted octanol–water partition coefficient (Wildman–Crippen LogP) is 7.26. The van der Waals surface area contributed by atoms with Crippen molar-refractivity contribution in [2.75, 3.05) is 18.4 Å². The molecule has 0 aliphatic carbocycles. The highest BCUT2D eigenvalue weighted by molar-refractivity contribution is 6.30. The third-order valence-corrected chi connectivity index (χ3v) is 7.25. The van der Waals surface area contributed by atoms with E-state index in [4.69, 9.17) is 11.6 Å². The molecule has 4 aromatic rings. The molecule has 3 aromatic carbocycles. The molecule has 0 bridgehead atoms. The Morgan fingerprint density at radius 1 is 1.00 bits per heavy atom. The van der Waals surface area contributed by atoms with Crippen LogP contribution in [0.3, 0.4) is 0 Å². The third-order valence-electron chi connectivity index (χ3n) is 7.01. The molecule has 5 heteroatoms. The summed E-state index contributed by atoms with van der Waals surface area (Å²) >= 11 is 6.28. The van der Waals surface area contributed by atoms with E-state index in [2.05, 4.69) is 69.5 Å². The highest BCUT2D eigenvalue weighted by Gasteiger charge is 2.22. The van der Waals surface area contributed by atoms with Crippen LogP contribution in [0.25, 0.3) is 16.6 Å². The molecule has 1 aliphatic rings. The number of rotatable bonds is 6. The Bertz CT molecular complexity index is 1330. The lowest BCUT2D eigenvalue weighted by Gasteiger charge is -2.32. The molecular formula is C30H32ClN3O. The number of piperidine rings is 1. The largest absolute Gasteiger partial charge is 0.326 e. The number of hydrogen-bond acceptors (Lipinski definition) is 2. The Hall–Kier alpha value is -3.08. The fraction of sp³-hybridized carbons (Fsp3) is 0.300. The van der Waals surface area contributed by atoms with E-state index in [-0.39, 0.29) is 11.8 Å². The minimum absolute atomic E-state index is 0.0216. The van der Waals surface area contributed by atoms with Crippen molar-refractivity contribution in [3.63, 3.8) is 0 Å². The van der Waals surface area contributed by atoms with E-state index in [1.54, 1.807) is 0 Å². The molecule has 5 rings (SSSR count). The zero-order valence-electron chi connectivity index (χ0n) is 20.4. The molecule has 4 nitrogen and oxygen atoms in total. The number of carbonyl (C=O) groups excluding carboxylic acids is 1. The lowest BCUT2D eigenvalue weighted by molar-refractivity contribution is -0.118. The molecule has 1 saturated heterocycles. The summed E-state index contributed by atoms with van der Waals surface area (Å²) in [6.45, 7) is 6.89. The van der Waals surface area contributed by atoms with Gasteiger partial charge in [0.05, 0.1) is 5.52 Å². The van der Waals surface area contributed by atoms with Crippen molar-refractivity contribution >= 4 is 34.1 Å². The van der Waals surface area contributed by atoms with E-state index in [1.807, 2.05) is 38.1 Å². The van der Waals surface area contributed by atoms with Crippen molar-refractivity contribution in [2.24, 2.45) is 5.92 Å². The van der Waals surface area contributed by atoms with Gasteiger partial charge in [-0.15, -0.1) is 0 Å². The number of aromatic nitrogens is 1. The monoisotopic (exact) mass is 485 g/mol. The average molecular weight is 486 g/mol. The molecule has 0 radical (unpaired) electrons. The Morgan fingerprint density at radius 3 is 2.54 bits per heavy atom. The summed E-state index contributed by atoms with van der Waals surface area (Å²) in [6.07, 6.45) is 4.51. The topological polar surface area (TPSA) is 37.3 Å². The number of nitrogens with one attached hydrogen (secondary N) is 1. The van der Waals surface area contributed by atoms with Gasteiger partial charge in [-0.25, -0.2) is 0 Å². The van der Waals surface area contributed by atoms with E-state index in [0.717, 1.165) is 48.9 Å². The van der Waals surface area contributed by atoms with Gasteiger partial charge in [0.25, 0.3) is 0 Å². The van der Waals surface area contributed by atoms with E-state index < -0.39 is 0 Å². The van der Waals surface area contributed by atoms with Crippen LogP contribution in [-0.2, 0) is 11.3 Å². The molecule has 35 heavy (non-hydrogen) atoms. The molecule has 1 fully saturated rings. The Labute approximate surface area is 212 Å². The molecule has 180 valence electrons. The van der Waals surface area contributed by atoms with Crippen molar-refractivity contribution < 1.29 is 4.79 Å². The van der Waals surface area contributed by atoms with Crippen LogP contribution in [0.2, 0.25) is 5.02 Å². The quantitative estimate of drug-likeness (QED) is 0.312. The van der Waals surface area contributed by atoms with Crippen molar-refractivity contribution in [3.8, 4) is 5.69 Å². The first-order valence-corrected chi connectivity index (χ1v) is 12.8. The van der Waals surface area contributed by atoms with E-state index in [0.29, 0.717) is 5.92 Å². The molecule has 0 atom stereocenters. The number of likely N-dealkylation sites (tertiary alicyclic amines) is 1. The van der Waals surface area contributed by atoms with Crippen LogP contribution in [-0.4, -0.2) is 28.5 Å². The maximum atomic E-state index is 12.1. The van der Waals surface area contributed by atoms with Gasteiger partial charge in [-0.1, -0.05) is 61.8 Å². The number of hydrogen-bond donors (Lipinski definition) is 1. The van der Waals surface area contributed by atoms with Crippen LogP contribution in [0.5, 0.6) is 0 Å². The number of para-hydroxylation sites is 1. The van der Waals surface area contributed by atoms with E-state index in [9.17, 15) is 4.79 Å². The van der Waals surface area contributed by atoms with Crippen LogP contribution in [0, 0.1) is 5.92 Å². The van der Waals surface area contributed by atoms with Crippen LogP contribution in [0.15, 0.2) is 79.0 Å². The zero-order chi connectivity index (χ0) is 24.4. The molecule has 0 spiro atoms. The molecule has 2 heterocycles. The smallest absolute Gasteiger partial charge is 0.226 e. The number of carbonyl (C=O) groups is 1. The van der Waals surface area contributed by atoms with Crippen molar-refractivity contribution in [1.29, 1.82) is 0 Å². The highest BCUT2D eigenvalue weighted by atomic mass is 35.5. The predicted molar refractivity (Wildman–Crippen MR) is 145 cm³/mol. The summed E-state index contributed by atoms with van der Waals surface area (Å²) in [6, 6.07) is 25.0. The fourth-order valence-corrected chi connectivity index (χ4v) is 5.22. The summed E-state index contributed by atoms with van der Waals surface area (Å²) in [5.41, 5.74) is 5.86. The van der Waals surface area contributed by atoms with Crippen molar-refractivity contribution in [1.82, 2.24) is 9.47 Å². The van der Waals surface area contributed by atoms with Crippen LogP contribution >= 0.6 is 11.6 Å². The Morgan fingerprint density at radius 2 is 1.77 bits per heavy atom. The number of anilines is 1. The second kappa shape index (κ2) is 10.3. The molecule has 1 N–H and O–H groups in total. The van der Waals surface area contributed by atoms with Gasteiger partial charge in [0.2, 0.25) is 5.91 Å². The molecule has 0 unspecified atom stereocenters. The molecule has 1 aromatic heterocycles. The maximum absolute atomic E-state index is 12.1. The van der Waals surface area contributed by atoms with E-state index >= 15 is 0 Å². The van der Waals surface area contributed by atoms with Gasteiger partial charge in [0.1, 0.15) is 0 Å². The van der Waals surface area contributed by atoms with Crippen LogP contribution < -0.4 is 5.32 Å². The number of fused-ring (bicyclic) bond motifs is 1. The second-order valence-electron chi connectivity index (χ2n) is 9.84. The van der Waals surface area contributed by atoms with Crippen LogP contribution in [0.1, 0.15) is 43.7 Å². The van der Waals surface area contributed by atoms with Gasteiger partial charge in [0.15, 0.2) is 0 Å². The second-order valence-corrected chi connectivity index (χ2v) is 10.3. The standard InChI is InChI=1S/C30H32ClN3O/c1-21(2)30(35)32-26-9-5-7-23(17-26)22-13-15-33(16-14-22)19-24-20-34(27-10-6-8-25(31)18-27)29-12-4-3-11-28(24)29/h3-12,17-18,20-22H,13-16,19H2,1-2H3,(H,32,35). The first-order chi connectivity index (χ1) is 17.0. The van der Waals surface area contributed by atoms with Gasteiger partial charge < -0.3 is 9.88 Å². The SMILES string of the molecule is CC(C)C(=O)Nc1cccc(C2CCN(Cc3cn(-c4cccc(Cl)c4)c4ccccc34)CC2)c1. The number of benzene rings is 3. The molecule has 0 saturated carbocycles. The summed E-state index contributed by atoms with van der Waals surface area (Å²) in [7, 11) is 0. The third kappa shape index (κ3) is 5.29. The lowest BCUT2D eigenvalue weighted by Crippen LogP contribution is -2.32. The number of amides is 1. The summed E-state index contributed by atoms with van der Waals surface area (Å²) in [5, 5.41) is 5.08. The summed E-state index contributed by atoms with van der Waals surface area (Å²) in [4.78, 5) is 14.7. The van der Waals surface area contributed by atoms with Gasteiger partial charge in [-0.3, -0.25) is 9.69 Å². The van der Waals surface area contributed by atoms with Gasteiger partial charge >= 0.3 is 0 Å². The molecular weight excluding hydrogens is 454 g/mol. The maximum Gasteiger partial charge on any atom is 0.226 e. The fourth-order valence-electron chi connectivity index (χ4n) is 5.04. The first kappa shape index (κ1) is 23.7. The van der Waals surface area contributed by atoms with Gasteiger partial charge in [-0.2, -0.15) is 0 Å². The van der Waals surface area contributed by atoms with Crippen molar-refractivity contribution in [2.45, 2.75) is 39.2 Å². The minimum atomic E-state index is -0.0216. The van der Waals surface area contributed by atoms with E-state index in [1.165, 1.54) is 22.0 Å². The van der Waals surface area contributed by atoms with Gasteiger partial charge in [-0.05, 0) is 79.4 Å². The molecule has 1 aliphatic heterocycles. The molecule has 1 amide bonds. The summed E-state index contributed by atoms with van der Waals surface area (Å²) < 4.78 is 2.25. The first-order valence-electron chi connectivity index (χ1n) is 12.5. The summed E-state index contributed by atoms with van der Waals surface area (Å²) in [5.74, 6) is 0.565. The number of nitrogens with zero attached hydrogens (tertiary/aromatic N) is 2.